The zero-order chi connectivity index (χ0) is 24.0. The lowest BCUT2D eigenvalue weighted by Crippen LogP contribution is -2.40. The average molecular weight is 472 g/mol. The van der Waals surface area contributed by atoms with E-state index in [1.807, 2.05) is 30.3 Å². The fourth-order valence-corrected chi connectivity index (χ4v) is 4.51. The smallest absolute Gasteiger partial charge is 0.350 e. The van der Waals surface area contributed by atoms with Gasteiger partial charge >= 0.3 is 5.97 Å². The molecule has 10 heteroatoms. The van der Waals surface area contributed by atoms with Gasteiger partial charge in [0.15, 0.2) is 5.13 Å². The molecule has 1 aromatic heterocycles. The number of thiazole rings is 1. The van der Waals surface area contributed by atoms with Crippen molar-refractivity contribution in [2.45, 2.75) is 52.5 Å². The predicted octanol–water partition coefficient (Wildman–Crippen LogP) is 3.27. The van der Waals surface area contributed by atoms with Crippen molar-refractivity contribution in [1.29, 1.82) is 0 Å². The second-order valence-electron chi connectivity index (χ2n) is 7.64. The van der Waals surface area contributed by atoms with Crippen LogP contribution in [0, 0.1) is 6.92 Å². The molecule has 3 rings (SSSR count). The standard InChI is InChI=1S/C23H29N5O4S/c1-4-6-10-13-27(23-25-15(3)19(33-23)22(31)32-5-2)21(30)17-14-18(20(24)29)28(26-17)16-11-8-7-9-12-16/h7-9,11-12,18H,4-6,10,13-14H2,1-3H3,(H2,24,29). The maximum atomic E-state index is 13.6. The SMILES string of the molecule is CCCCCN(C(=O)C1=NN(c2ccccc2)C(C(N)=O)C1)c1nc(C)c(C(=O)OCC)s1. The van der Waals surface area contributed by atoms with E-state index in [0.717, 1.165) is 30.6 Å². The molecule has 0 bridgehead atoms. The number of ether oxygens (including phenoxy) is 1. The number of amides is 2. The topological polar surface area (TPSA) is 118 Å². The molecule has 176 valence electrons. The second-order valence-corrected chi connectivity index (χ2v) is 8.62. The Morgan fingerprint density at radius 2 is 1.94 bits per heavy atom. The maximum absolute atomic E-state index is 13.6. The molecule has 2 heterocycles. The van der Waals surface area contributed by atoms with Gasteiger partial charge in [-0.1, -0.05) is 49.3 Å². The second kappa shape index (κ2) is 11.0. The largest absolute Gasteiger partial charge is 0.462 e. The van der Waals surface area contributed by atoms with Gasteiger partial charge in [-0.15, -0.1) is 0 Å². The molecular formula is C23H29N5O4S. The molecule has 9 nitrogen and oxygen atoms in total. The lowest BCUT2D eigenvalue weighted by molar-refractivity contribution is -0.119. The zero-order valence-electron chi connectivity index (χ0n) is 19.1. The van der Waals surface area contributed by atoms with Gasteiger partial charge in [0.25, 0.3) is 5.91 Å². The van der Waals surface area contributed by atoms with Crippen LogP contribution in [0.15, 0.2) is 35.4 Å². The van der Waals surface area contributed by atoms with Crippen molar-refractivity contribution in [3.63, 3.8) is 0 Å². The minimum atomic E-state index is -0.753. The minimum absolute atomic E-state index is 0.0996. The third-order valence-corrected chi connectivity index (χ3v) is 6.37. The van der Waals surface area contributed by atoms with Crippen LogP contribution in [0.1, 0.15) is 54.9 Å². The van der Waals surface area contributed by atoms with Gasteiger partial charge in [-0.3, -0.25) is 19.5 Å². The molecule has 2 amide bonds. The first-order chi connectivity index (χ1) is 15.9. The number of nitrogens with zero attached hydrogens (tertiary/aromatic N) is 4. The number of rotatable bonds is 10. The molecule has 2 aromatic rings. The van der Waals surface area contributed by atoms with Gasteiger partial charge in [-0.2, -0.15) is 5.10 Å². The number of hydrogen-bond donors (Lipinski definition) is 1. The molecule has 2 N–H and O–H groups in total. The molecule has 0 fully saturated rings. The molecule has 0 spiro atoms. The van der Waals surface area contributed by atoms with Crippen molar-refractivity contribution in [3.05, 3.63) is 40.9 Å². The Balaban J connectivity index is 1.93. The number of aromatic nitrogens is 1. The quantitative estimate of drug-likeness (QED) is 0.420. The lowest BCUT2D eigenvalue weighted by Gasteiger charge is -2.20. The van der Waals surface area contributed by atoms with Crippen molar-refractivity contribution in [2.75, 3.05) is 23.1 Å². The Labute approximate surface area is 197 Å². The number of hydrogen-bond acceptors (Lipinski definition) is 8. The molecule has 0 aliphatic carbocycles. The van der Waals surface area contributed by atoms with Crippen molar-refractivity contribution in [1.82, 2.24) is 4.98 Å². The fourth-order valence-electron chi connectivity index (χ4n) is 3.52. The summed E-state index contributed by atoms with van der Waals surface area (Å²) in [5, 5.41) is 6.38. The minimum Gasteiger partial charge on any atom is -0.462 e. The number of primary amides is 1. The molecule has 0 saturated heterocycles. The summed E-state index contributed by atoms with van der Waals surface area (Å²) in [7, 11) is 0. The van der Waals surface area contributed by atoms with Gasteiger partial charge in [0, 0.05) is 13.0 Å². The van der Waals surface area contributed by atoms with E-state index in [4.69, 9.17) is 10.5 Å². The summed E-state index contributed by atoms with van der Waals surface area (Å²) in [5.74, 6) is -1.36. The molecule has 1 unspecified atom stereocenters. The van der Waals surface area contributed by atoms with Crippen LogP contribution in [0.2, 0.25) is 0 Å². The summed E-state index contributed by atoms with van der Waals surface area (Å²) in [4.78, 5) is 44.3. The van der Waals surface area contributed by atoms with Crippen LogP contribution in [0.3, 0.4) is 0 Å². The van der Waals surface area contributed by atoms with E-state index >= 15 is 0 Å². The van der Waals surface area contributed by atoms with Gasteiger partial charge in [-0.05, 0) is 32.4 Å². The van der Waals surface area contributed by atoms with E-state index in [1.54, 1.807) is 18.7 Å². The van der Waals surface area contributed by atoms with Crippen molar-refractivity contribution in [3.8, 4) is 0 Å². The molecule has 33 heavy (non-hydrogen) atoms. The van der Waals surface area contributed by atoms with Crippen LogP contribution in [0.5, 0.6) is 0 Å². The Hall–Kier alpha value is -3.27. The van der Waals surface area contributed by atoms with E-state index in [-0.39, 0.29) is 24.6 Å². The normalized spacial score (nSPS) is 15.3. The summed E-state index contributed by atoms with van der Waals surface area (Å²) in [6.07, 6.45) is 2.79. The maximum Gasteiger partial charge on any atom is 0.350 e. The number of aryl methyl sites for hydroxylation is 1. The number of carbonyl (C=O) groups is 3. The first-order valence-corrected chi connectivity index (χ1v) is 11.9. The highest BCUT2D eigenvalue weighted by atomic mass is 32.1. The number of benzene rings is 1. The number of nitrogens with two attached hydrogens (primary N) is 1. The summed E-state index contributed by atoms with van der Waals surface area (Å²) >= 11 is 1.12. The molecule has 1 aliphatic heterocycles. The lowest BCUT2D eigenvalue weighted by atomic mass is 10.1. The molecule has 1 atom stereocenters. The van der Waals surface area contributed by atoms with Gasteiger partial charge < -0.3 is 10.5 Å². The van der Waals surface area contributed by atoms with Gasteiger partial charge in [-0.25, -0.2) is 9.78 Å². The summed E-state index contributed by atoms with van der Waals surface area (Å²) in [6, 6.07) is 8.38. The first-order valence-electron chi connectivity index (χ1n) is 11.0. The average Bonchev–Trinajstić information content (AvgIpc) is 3.41. The third-order valence-electron chi connectivity index (χ3n) is 5.21. The van der Waals surface area contributed by atoms with Crippen LogP contribution < -0.4 is 15.6 Å². The Bertz CT molecular complexity index is 1040. The monoisotopic (exact) mass is 471 g/mol. The summed E-state index contributed by atoms with van der Waals surface area (Å²) in [6.45, 7) is 6.21. The van der Waals surface area contributed by atoms with Crippen molar-refractivity contribution >= 4 is 45.7 Å². The molecular weight excluding hydrogens is 442 g/mol. The van der Waals surface area contributed by atoms with Crippen molar-refractivity contribution in [2.24, 2.45) is 10.8 Å². The van der Waals surface area contributed by atoms with E-state index in [2.05, 4.69) is 17.0 Å². The number of esters is 1. The zero-order valence-corrected chi connectivity index (χ0v) is 19.9. The Morgan fingerprint density at radius 1 is 1.21 bits per heavy atom. The molecule has 0 radical (unpaired) electrons. The molecule has 1 aromatic carbocycles. The van der Waals surface area contributed by atoms with E-state index in [1.165, 1.54) is 5.01 Å². The Morgan fingerprint density at radius 3 is 2.58 bits per heavy atom. The third kappa shape index (κ3) is 5.57. The Kier molecular flexibility index (Phi) is 8.16. The highest BCUT2D eigenvalue weighted by molar-refractivity contribution is 7.17. The van der Waals surface area contributed by atoms with Gasteiger partial charge in [0.2, 0.25) is 5.91 Å². The molecule has 1 aliphatic rings. The van der Waals surface area contributed by atoms with E-state index < -0.39 is 17.9 Å². The van der Waals surface area contributed by atoms with Crippen molar-refractivity contribution < 1.29 is 19.1 Å². The molecule has 0 saturated carbocycles. The number of anilines is 2. The van der Waals surface area contributed by atoms with E-state index in [9.17, 15) is 14.4 Å². The fraction of sp³-hybridized carbons (Fsp3) is 0.435. The number of para-hydroxylation sites is 1. The number of unbranched alkanes of at least 4 members (excludes halogenated alkanes) is 2. The highest BCUT2D eigenvalue weighted by Crippen LogP contribution is 2.30. The first kappa shape index (κ1) is 24.4. The van der Waals surface area contributed by atoms with Crippen LogP contribution in [0.25, 0.3) is 0 Å². The van der Waals surface area contributed by atoms with Crippen LogP contribution in [-0.2, 0) is 14.3 Å². The summed E-state index contributed by atoms with van der Waals surface area (Å²) in [5.41, 5.74) is 7.03. The van der Waals surface area contributed by atoms with Gasteiger partial charge in [0.05, 0.1) is 18.0 Å². The predicted molar refractivity (Wildman–Crippen MR) is 129 cm³/mol. The van der Waals surface area contributed by atoms with Crippen LogP contribution in [0.4, 0.5) is 10.8 Å². The van der Waals surface area contributed by atoms with E-state index in [0.29, 0.717) is 27.9 Å². The number of carbonyl (C=O) groups excluding carboxylic acids is 3. The van der Waals surface area contributed by atoms with Crippen LogP contribution >= 0.6 is 11.3 Å². The van der Waals surface area contributed by atoms with Gasteiger partial charge in [0.1, 0.15) is 16.6 Å². The summed E-state index contributed by atoms with van der Waals surface area (Å²) < 4.78 is 5.11. The highest BCUT2D eigenvalue weighted by Gasteiger charge is 2.37. The van der Waals surface area contributed by atoms with Crippen LogP contribution in [-0.4, -0.2) is 47.7 Å². The number of hydrazone groups is 1.